The molecule has 174 valence electrons. The van der Waals surface area contributed by atoms with Gasteiger partial charge in [0.1, 0.15) is 0 Å². The Labute approximate surface area is 181 Å². The van der Waals surface area contributed by atoms with Crippen molar-refractivity contribution in [2.45, 2.75) is 115 Å². The lowest BCUT2D eigenvalue weighted by Gasteiger charge is -2.49. The first-order valence-electron chi connectivity index (χ1n) is 12.3. The van der Waals surface area contributed by atoms with Gasteiger partial charge in [0, 0.05) is 25.0 Å². The van der Waals surface area contributed by atoms with E-state index in [0.29, 0.717) is 37.9 Å². The molecule has 4 rings (SSSR count). The molecule has 0 aromatic carbocycles. The van der Waals surface area contributed by atoms with Crippen molar-refractivity contribution in [3.63, 3.8) is 0 Å². The topological polar surface area (TPSA) is 77.4 Å². The van der Waals surface area contributed by atoms with Crippen molar-refractivity contribution in [1.82, 2.24) is 0 Å². The van der Waals surface area contributed by atoms with E-state index in [1.54, 1.807) is 0 Å². The van der Waals surface area contributed by atoms with Crippen LogP contribution in [0.3, 0.4) is 0 Å². The molecular weight excluding hydrogens is 384 g/mol. The van der Waals surface area contributed by atoms with Crippen molar-refractivity contribution < 1.29 is 29.2 Å². The third kappa shape index (κ3) is 4.60. The van der Waals surface area contributed by atoms with Gasteiger partial charge in [0.25, 0.3) is 0 Å². The smallest absolute Gasteiger partial charge is 0.0886 e. The van der Waals surface area contributed by atoms with Gasteiger partial charge in [-0.15, -0.1) is 0 Å². The molecule has 0 aliphatic carbocycles. The third-order valence-corrected chi connectivity index (χ3v) is 8.35. The zero-order chi connectivity index (χ0) is 21.4. The molecule has 4 heterocycles. The minimum atomic E-state index is -0.309. The van der Waals surface area contributed by atoms with Crippen LogP contribution in [0.1, 0.15) is 66.2 Å². The Morgan fingerprint density at radius 3 is 1.33 bits per heavy atom. The lowest BCUT2D eigenvalue weighted by molar-refractivity contribution is -0.247. The summed E-state index contributed by atoms with van der Waals surface area (Å²) in [5.41, 5.74) is 0. The summed E-state index contributed by atoms with van der Waals surface area (Å²) >= 11 is 0. The van der Waals surface area contributed by atoms with Crippen LogP contribution in [0, 0.1) is 23.7 Å². The fourth-order valence-corrected chi connectivity index (χ4v) is 6.09. The van der Waals surface area contributed by atoms with Crippen LogP contribution in [0.15, 0.2) is 0 Å². The molecule has 4 fully saturated rings. The SMILES string of the molecule is C[C@@H]1C(O)CCO[C@H]1[C@H]1CC[C@H](C)[C@@H]([C@H]2O[C@@H]([C@@H]3OCCC(O)[C@H]3C)CC[C@@H]2C)O1. The molecule has 0 amide bonds. The highest BCUT2D eigenvalue weighted by Gasteiger charge is 2.47. The maximum absolute atomic E-state index is 10.3. The van der Waals surface area contributed by atoms with E-state index in [0.717, 1.165) is 25.7 Å². The predicted molar refractivity (Wildman–Crippen MR) is 113 cm³/mol. The van der Waals surface area contributed by atoms with Crippen LogP contribution in [-0.2, 0) is 18.9 Å². The number of hydrogen-bond acceptors (Lipinski definition) is 6. The molecule has 0 aromatic heterocycles. The van der Waals surface area contributed by atoms with E-state index in [1.165, 1.54) is 0 Å². The zero-order valence-electron chi connectivity index (χ0n) is 19.1. The third-order valence-electron chi connectivity index (χ3n) is 8.35. The first-order chi connectivity index (χ1) is 14.4. The molecule has 0 aromatic rings. The maximum atomic E-state index is 10.3. The molecule has 6 nitrogen and oxygen atoms in total. The van der Waals surface area contributed by atoms with Crippen molar-refractivity contribution in [2.75, 3.05) is 13.2 Å². The Morgan fingerprint density at radius 2 is 0.933 bits per heavy atom. The molecule has 2 unspecified atom stereocenters. The maximum Gasteiger partial charge on any atom is 0.0886 e. The van der Waals surface area contributed by atoms with E-state index in [2.05, 4.69) is 27.7 Å². The number of rotatable bonds is 3. The van der Waals surface area contributed by atoms with Crippen molar-refractivity contribution in [3.8, 4) is 0 Å². The van der Waals surface area contributed by atoms with Crippen molar-refractivity contribution >= 4 is 0 Å². The average Bonchev–Trinajstić information content (AvgIpc) is 2.73. The van der Waals surface area contributed by atoms with E-state index in [1.807, 2.05) is 0 Å². The standard InChI is InChI=1S/C24H42O6/c1-13-5-7-19(23-15(3)17(25)9-11-27-23)29-21(13)22-14(2)6-8-20(30-22)24-16(4)18(26)10-12-28-24/h13-26H,5-12H2,1-4H3/t13-,14-,15+,16+,17?,18?,19+,20+,21-,22-,23+,24+/m0/s1. The van der Waals surface area contributed by atoms with Crippen LogP contribution in [0.5, 0.6) is 0 Å². The van der Waals surface area contributed by atoms with Gasteiger partial charge in [-0.3, -0.25) is 0 Å². The van der Waals surface area contributed by atoms with Crippen molar-refractivity contribution in [1.29, 1.82) is 0 Å². The number of ether oxygens (including phenoxy) is 4. The highest BCUT2D eigenvalue weighted by Crippen LogP contribution is 2.40. The van der Waals surface area contributed by atoms with Gasteiger partial charge in [-0.1, -0.05) is 27.7 Å². The molecular formula is C24H42O6. The van der Waals surface area contributed by atoms with Gasteiger partial charge in [0.2, 0.25) is 0 Å². The molecule has 2 N–H and O–H groups in total. The molecule has 0 radical (unpaired) electrons. The summed E-state index contributed by atoms with van der Waals surface area (Å²) in [5.74, 6) is 1.03. The fraction of sp³-hybridized carbons (Fsp3) is 1.00. The molecule has 12 atom stereocenters. The fourth-order valence-electron chi connectivity index (χ4n) is 6.09. The Kier molecular flexibility index (Phi) is 7.43. The van der Waals surface area contributed by atoms with Crippen LogP contribution in [-0.4, -0.2) is 72.3 Å². The van der Waals surface area contributed by atoms with E-state index >= 15 is 0 Å². The van der Waals surface area contributed by atoms with Crippen molar-refractivity contribution in [2.24, 2.45) is 23.7 Å². The summed E-state index contributed by atoms with van der Waals surface area (Å²) in [7, 11) is 0. The summed E-state index contributed by atoms with van der Waals surface area (Å²) in [6.45, 7) is 9.90. The second-order valence-corrected chi connectivity index (χ2v) is 10.5. The Balaban J connectivity index is 1.45. The van der Waals surface area contributed by atoms with E-state index < -0.39 is 0 Å². The zero-order valence-corrected chi connectivity index (χ0v) is 19.1. The summed E-state index contributed by atoms with van der Waals surface area (Å²) in [6, 6.07) is 0. The molecule has 0 spiro atoms. The van der Waals surface area contributed by atoms with Gasteiger partial charge >= 0.3 is 0 Å². The molecule has 0 bridgehead atoms. The van der Waals surface area contributed by atoms with Crippen LogP contribution < -0.4 is 0 Å². The predicted octanol–water partition coefficient (Wildman–Crippen LogP) is 2.93. The van der Waals surface area contributed by atoms with Crippen LogP contribution in [0.2, 0.25) is 0 Å². The second kappa shape index (κ2) is 9.72. The van der Waals surface area contributed by atoms with Gasteiger partial charge in [-0.2, -0.15) is 0 Å². The molecule has 30 heavy (non-hydrogen) atoms. The number of hydrogen-bond donors (Lipinski definition) is 2. The summed E-state index contributed by atoms with van der Waals surface area (Å²) in [5, 5.41) is 20.6. The second-order valence-electron chi connectivity index (χ2n) is 10.5. The minimum absolute atomic E-state index is 0.0130. The minimum Gasteiger partial charge on any atom is -0.393 e. The average molecular weight is 427 g/mol. The number of aliphatic hydroxyl groups is 2. The molecule has 0 saturated carbocycles. The molecule has 6 heteroatoms. The van der Waals surface area contributed by atoms with Crippen molar-refractivity contribution in [3.05, 3.63) is 0 Å². The van der Waals surface area contributed by atoms with Crippen LogP contribution >= 0.6 is 0 Å². The molecule has 4 aliphatic rings. The normalized spacial score (nSPS) is 53.4. The summed E-state index contributed by atoms with van der Waals surface area (Å²) in [4.78, 5) is 0. The first kappa shape index (κ1) is 22.9. The van der Waals surface area contributed by atoms with E-state index in [4.69, 9.17) is 18.9 Å². The van der Waals surface area contributed by atoms with Gasteiger partial charge in [0.15, 0.2) is 0 Å². The Bertz CT molecular complexity index is 510. The van der Waals surface area contributed by atoms with Crippen LogP contribution in [0.4, 0.5) is 0 Å². The Morgan fingerprint density at radius 1 is 0.533 bits per heavy atom. The molecule has 4 aliphatic heterocycles. The quantitative estimate of drug-likeness (QED) is 0.723. The monoisotopic (exact) mass is 426 g/mol. The van der Waals surface area contributed by atoms with Gasteiger partial charge in [-0.25, -0.2) is 0 Å². The van der Waals surface area contributed by atoms with Gasteiger partial charge in [0.05, 0.1) is 48.8 Å². The highest BCUT2D eigenvalue weighted by molar-refractivity contribution is 4.95. The summed E-state index contributed by atoms with van der Waals surface area (Å²) < 4.78 is 25.5. The van der Waals surface area contributed by atoms with Crippen LogP contribution in [0.25, 0.3) is 0 Å². The lowest BCUT2D eigenvalue weighted by Crippen LogP contribution is -2.56. The Hall–Kier alpha value is -0.240. The lowest BCUT2D eigenvalue weighted by atomic mass is 9.78. The van der Waals surface area contributed by atoms with E-state index in [-0.39, 0.29) is 60.7 Å². The number of aliphatic hydroxyl groups excluding tert-OH is 2. The molecule has 4 saturated heterocycles. The van der Waals surface area contributed by atoms with Gasteiger partial charge < -0.3 is 29.2 Å². The van der Waals surface area contributed by atoms with E-state index in [9.17, 15) is 10.2 Å². The first-order valence-corrected chi connectivity index (χ1v) is 12.3. The summed E-state index contributed by atoms with van der Waals surface area (Å²) in [6.07, 6.45) is 4.91. The highest BCUT2D eigenvalue weighted by atomic mass is 16.6. The van der Waals surface area contributed by atoms with Gasteiger partial charge in [-0.05, 0) is 50.4 Å². The largest absolute Gasteiger partial charge is 0.393 e.